The Morgan fingerprint density at radius 1 is 1.13 bits per heavy atom. The van der Waals surface area contributed by atoms with E-state index in [-0.39, 0.29) is 23.0 Å². The predicted molar refractivity (Wildman–Crippen MR) is 108 cm³/mol. The zero-order valence-corrected chi connectivity index (χ0v) is 18.2. The van der Waals surface area contributed by atoms with Crippen molar-refractivity contribution in [2.45, 2.75) is 26.8 Å². The summed E-state index contributed by atoms with van der Waals surface area (Å²) in [6.07, 6.45) is -4.60. The van der Waals surface area contributed by atoms with E-state index >= 15 is 0 Å². The van der Waals surface area contributed by atoms with Gasteiger partial charge < -0.3 is 10.2 Å². The Morgan fingerprint density at radius 3 is 2.30 bits per heavy atom. The topological polar surface area (TPSA) is 77.8 Å². The minimum absolute atomic E-state index is 0.0807. The number of rotatable bonds is 5. The maximum atomic E-state index is 13.0. The Morgan fingerprint density at radius 2 is 1.77 bits per heavy atom. The first-order valence-electron chi connectivity index (χ1n) is 8.49. The van der Waals surface area contributed by atoms with Crippen molar-refractivity contribution in [1.29, 1.82) is 0 Å². The van der Waals surface area contributed by atoms with Gasteiger partial charge in [0, 0.05) is 23.0 Å². The van der Waals surface area contributed by atoms with Gasteiger partial charge in [-0.25, -0.2) is 8.51 Å². The summed E-state index contributed by atoms with van der Waals surface area (Å²) < 4.78 is 65.6. The van der Waals surface area contributed by atoms with Gasteiger partial charge in [-0.05, 0) is 42.5 Å². The summed E-state index contributed by atoms with van der Waals surface area (Å²) in [5.74, 6) is 0. The van der Waals surface area contributed by atoms with Gasteiger partial charge in [0.05, 0.1) is 38.1 Å². The molecule has 5 nitrogen and oxygen atoms in total. The standard InChI is InChI=1S/C18H16Cl2F3NO4S2/c19-12-2-4-13(5-3-12)29(27)16-8-24(9-17(16,26)10-25)30(28)15-6-1-11(7-14(15)20)18(21,22)23/h1-7,16,25-26H,8-10H2/t16-,17?,29?,30?/m0/s1. The molecule has 0 aromatic heterocycles. The summed E-state index contributed by atoms with van der Waals surface area (Å²) in [5.41, 5.74) is -2.82. The van der Waals surface area contributed by atoms with Crippen molar-refractivity contribution in [2.75, 3.05) is 19.7 Å². The second-order valence-corrected chi connectivity index (χ2v) is 10.6. The average molecular weight is 502 g/mol. The van der Waals surface area contributed by atoms with Crippen LogP contribution in [0, 0.1) is 0 Å². The van der Waals surface area contributed by atoms with Crippen LogP contribution in [-0.4, -0.2) is 53.5 Å². The van der Waals surface area contributed by atoms with Gasteiger partial charge in [0.1, 0.15) is 16.6 Å². The number of nitrogens with zero attached hydrogens (tertiary/aromatic N) is 1. The Balaban J connectivity index is 1.87. The van der Waals surface area contributed by atoms with E-state index in [1.807, 2.05) is 0 Å². The molecule has 4 atom stereocenters. The number of hydrogen-bond donors (Lipinski definition) is 2. The Bertz CT molecular complexity index is 990. The fourth-order valence-electron chi connectivity index (χ4n) is 3.06. The summed E-state index contributed by atoms with van der Waals surface area (Å²) in [5, 5.41) is 19.6. The molecule has 1 saturated heterocycles. The van der Waals surface area contributed by atoms with Crippen LogP contribution in [0.3, 0.4) is 0 Å². The maximum Gasteiger partial charge on any atom is 0.416 e. The summed E-state index contributed by atoms with van der Waals surface area (Å²) >= 11 is 11.7. The molecule has 2 aromatic rings. The number of benzene rings is 2. The van der Waals surface area contributed by atoms with Gasteiger partial charge in [0.25, 0.3) is 0 Å². The summed E-state index contributed by atoms with van der Waals surface area (Å²) in [6.45, 7) is -1.20. The van der Waals surface area contributed by atoms with Crippen LogP contribution in [0.15, 0.2) is 52.3 Å². The maximum absolute atomic E-state index is 13.0. The third-order valence-corrected chi connectivity index (χ3v) is 8.68. The molecule has 3 unspecified atom stereocenters. The number of β-amino-alcohol motifs (C(OH)–C–C–N with tert-alkyl or cyclic N) is 1. The lowest BCUT2D eigenvalue weighted by molar-refractivity contribution is -0.137. The van der Waals surface area contributed by atoms with Crippen molar-refractivity contribution < 1.29 is 31.8 Å². The monoisotopic (exact) mass is 501 g/mol. The van der Waals surface area contributed by atoms with Gasteiger partial charge in [-0.2, -0.15) is 13.2 Å². The lowest BCUT2D eigenvalue weighted by atomic mass is 10.1. The van der Waals surface area contributed by atoms with Crippen molar-refractivity contribution in [3.8, 4) is 0 Å². The smallest absolute Gasteiger partial charge is 0.393 e. The van der Waals surface area contributed by atoms with E-state index in [2.05, 4.69) is 0 Å². The predicted octanol–water partition coefficient (Wildman–Crippen LogP) is 3.25. The summed E-state index contributed by atoms with van der Waals surface area (Å²) in [7, 11) is -3.82. The largest absolute Gasteiger partial charge is 0.416 e. The van der Waals surface area contributed by atoms with E-state index in [4.69, 9.17) is 23.2 Å². The van der Waals surface area contributed by atoms with Gasteiger partial charge in [-0.3, -0.25) is 4.21 Å². The van der Waals surface area contributed by atoms with Crippen molar-refractivity contribution >= 4 is 45.0 Å². The molecule has 0 saturated carbocycles. The first-order chi connectivity index (χ1) is 14.0. The third-order valence-electron chi connectivity index (χ3n) is 4.68. The van der Waals surface area contributed by atoms with Gasteiger partial charge in [0.15, 0.2) is 0 Å². The van der Waals surface area contributed by atoms with Crippen molar-refractivity contribution in [2.24, 2.45) is 0 Å². The molecule has 1 aliphatic rings. The Labute approximate surface area is 185 Å². The SMILES string of the molecule is O=S(c1ccc(Cl)cc1)[C@H]1CN(S(=O)c2ccc(C(F)(F)F)cc2Cl)CC1(O)CO. The normalized spacial score (nSPS) is 24.7. The zero-order chi connectivity index (χ0) is 22.3. The van der Waals surface area contributed by atoms with E-state index in [1.165, 1.54) is 28.6 Å². The molecule has 2 aromatic carbocycles. The zero-order valence-electron chi connectivity index (χ0n) is 15.1. The van der Waals surface area contributed by atoms with Crippen LogP contribution in [0.25, 0.3) is 0 Å². The van der Waals surface area contributed by atoms with E-state index < -0.39 is 51.0 Å². The minimum Gasteiger partial charge on any atom is -0.393 e. The van der Waals surface area contributed by atoms with Crippen LogP contribution in [-0.2, 0) is 28.0 Å². The lowest BCUT2D eigenvalue weighted by Crippen LogP contribution is -2.47. The molecule has 164 valence electrons. The molecule has 0 bridgehead atoms. The molecule has 3 rings (SSSR count). The Hall–Kier alpha value is -1.01. The van der Waals surface area contributed by atoms with Gasteiger partial charge in [0.2, 0.25) is 0 Å². The van der Waals surface area contributed by atoms with Crippen molar-refractivity contribution in [3.05, 3.63) is 58.1 Å². The summed E-state index contributed by atoms with van der Waals surface area (Å²) in [6, 6.07) is 8.52. The molecule has 0 spiro atoms. The fourth-order valence-corrected chi connectivity index (χ4v) is 6.57. The van der Waals surface area contributed by atoms with Crippen LogP contribution in [0.2, 0.25) is 10.0 Å². The molecule has 0 aliphatic carbocycles. The second kappa shape index (κ2) is 8.85. The van der Waals surface area contributed by atoms with Crippen LogP contribution in [0.1, 0.15) is 5.56 Å². The highest BCUT2D eigenvalue weighted by Gasteiger charge is 2.50. The number of aliphatic hydroxyl groups is 2. The molecule has 1 aliphatic heterocycles. The van der Waals surface area contributed by atoms with E-state index in [0.29, 0.717) is 16.0 Å². The minimum atomic E-state index is -4.60. The molecular weight excluding hydrogens is 486 g/mol. The van der Waals surface area contributed by atoms with Crippen molar-refractivity contribution in [1.82, 2.24) is 4.31 Å². The average Bonchev–Trinajstić information content (AvgIpc) is 3.05. The number of halogens is 5. The van der Waals surface area contributed by atoms with Gasteiger partial charge in [-0.15, -0.1) is 0 Å². The highest BCUT2D eigenvalue weighted by atomic mass is 35.5. The van der Waals surface area contributed by atoms with Gasteiger partial charge >= 0.3 is 6.18 Å². The van der Waals surface area contributed by atoms with E-state index in [9.17, 15) is 31.8 Å². The highest BCUT2D eigenvalue weighted by molar-refractivity contribution is 7.86. The highest BCUT2D eigenvalue weighted by Crippen LogP contribution is 2.36. The molecule has 0 amide bonds. The molecule has 0 radical (unpaired) electrons. The van der Waals surface area contributed by atoms with E-state index in [1.54, 1.807) is 0 Å². The van der Waals surface area contributed by atoms with Gasteiger partial charge in [-0.1, -0.05) is 23.2 Å². The molecule has 30 heavy (non-hydrogen) atoms. The summed E-state index contributed by atoms with van der Waals surface area (Å²) in [4.78, 5) is 0.277. The number of hydrogen-bond acceptors (Lipinski definition) is 4. The van der Waals surface area contributed by atoms with Crippen LogP contribution in [0.5, 0.6) is 0 Å². The Kier molecular flexibility index (Phi) is 6.98. The third kappa shape index (κ3) is 4.74. The molecule has 1 heterocycles. The van der Waals surface area contributed by atoms with Crippen molar-refractivity contribution in [3.63, 3.8) is 0 Å². The first-order valence-corrected chi connectivity index (χ1v) is 11.6. The van der Waals surface area contributed by atoms with Crippen LogP contribution >= 0.6 is 23.2 Å². The number of aliphatic hydroxyl groups excluding tert-OH is 1. The second-order valence-electron chi connectivity index (χ2n) is 6.72. The molecule has 2 N–H and O–H groups in total. The molecule has 1 fully saturated rings. The molecular formula is C18H16Cl2F3NO4S2. The quantitative estimate of drug-likeness (QED) is 0.659. The number of alkyl halides is 3. The van der Waals surface area contributed by atoms with E-state index in [0.717, 1.165) is 12.1 Å². The van der Waals surface area contributed by atoms with Crippen LogP contribution < -0.4 is 0 Å². The first kappa shape index (κ1) is 23.6. The van der Waals surface area contributed by atoms with Crippen LogP contribution in [0.4, 0.5) is 13.2 Å². The fraction of sp³-hybridized carbons (Fsp3) is 0.333. The lowest BCUT2D eigenvalue weighted by Gasteiger charge is -2.26. The molecule has 12 heteroatoms.